The largest absolute Gasteiger partial charge is 0.382 e. The molecule has 1 unspecified atom stereocenters. The molecule has 178 valence electrons. The molecule has 3 aromatic carbocycles. The number of halogens is 3. The average molecular weight is 538 g/mol. The minimum absolute atomic E-state index is 0.0200. The van der Waals surface area contributed by atoms with Gasteiger partial charge in [0.15, 0.2) is 0 Å². The lowest BCUT2D eigenvalue weighted by molar-refractivity contribution is 0.0118. The van der Waals surface area contributed by atoms with E-state index in [9.17, 15) is 13.9 Å². The summed E-state index contributed by atoms with van der Waals surface area (Å²) in [6.45, 7) is 0.456. The Morgan fingerprint density at radius 3 is 2.29 bits per heavy atom. The van der Waals surface area contributed by atoms with Crippen LogP contribution in [-0.2, 0) is 18.6 Å². The molecule has 0 aliphatic carbocycles. The Morgan fingerprint density at radius 2 is 1.66 bits per heavy atom. The van der Waals surface area contributed by atoms with E-state index in [1.54, 1.807) is 0 Å². The predicted octanol–water partition coefficient (Wildman–Crippen LogP) is 3.83. The molecular weight excluding hydrogens is 516 g/mol. The number of aromatic nitrogens is 4. The fraction of sp³-hybridized carbons (Fsp3) is 0.192. The molecule has 0 amide bonds. The van der Waals surface area contributed by atoms with Crippen molar-refractivity contribution in [2.45, 2.75) is 18.6 Å². The van der Waals surface area contributed by atoms with Gasteiger partial charge in [0.05, 0.1) is 6.54 Å². The smallest absolute Gasteiger partial charge is 0.138 e. The number of nitrogens with one attached hydrogen (secondary N) is 1. The van der Waals surface area contributed by atoms with Crippen LogP contribution in [-0.4, -0.2) is 38.4 Å². The summed E-state index contributed by atoms with van der Waals surface area (Å²) in [7, 11) is 0. The zero-order chi connectivity index (χ0) is 24.7. The first-order valence-electron chi connectivity index (χ1n) is 10.9. The predicted molar refractivity (Wildman–Crippen MR) is 131 cm³/mol. The van der Waals surface area contributed by atoms with Gasteiger partial charge in [0, 0.05) is 33.8 Å². The Hall–Kier alpha value is -3.45. The molecule has 4 aromatic rings. The number of hydrogen-bond donors (Lipinski definition) is 2. The molecule has 6 nitrogen and oxygen atoms in total. The molecule has 0 fully saturated rings. The molecule has 0 saturated heterocycles. The van der Waals surface area contributed by atoms with Gasteiger partial charge >= 0.3 is 0 Å². The number of aliphatic hydroxyl groups is 1. The fourth-order valence-corrected chi connectivity index (χ4v) is 3.85. The molecule has 0 radical (unpaired) electrons. The maximum Gasteiger partial charge on any atom is 0.138 e. The van der Waals surface area contributed by atoms with Gasteiger partial charge in [0.25, 0.3) is 0 Å². The summed E-state index contributed by atoms with van der Waals surface area (Å²) in [5, 5.41) is 25.3. The van der Waals surface area contributed by atoms with E-state index in [2.05, 4.69) is 48.6 Å². The summed E-state index contributed by atoms with van der Waals surface area (Å²) < 4.78 is 30.2. The van der Waals surface area contributed by atoms with Gasteiger partial charge in [0.2, 0.25) is 0 Å². The molecule has 9 heteroatoms. The first-order chi connectivity index (χ1) is 16.9. The van der Waals surface area contributed by atoms with E-state index in [0.717, 1.165) is 33.3 Å². The highest BCUT2D eigenvalue weighted by Crippen LogP contribution is 2.26. The Balaban J connectivity index is 1.36. The minimum atomic E-state index is -1.68. The second kappa shape index (κ2) is 11.3. The van der Waals surface area contributed by atoms with Crippen molar-refractivity contribution in [3.63, 3.8) is 0 Å². The molecule has 2 N–H and O–H groups in total. The van der Waals surface area contributed by atoms with Crippen molar-refractivity contribution in [1.29, 1.82) is 0 Å². The highest BCUT2D eigenvalue weighted by atomic mass is 79.9. The zero-order valence-corrected chi connectivity index (χ0v) is 20.2. The minimum Gasteiger partial charge on any atom is -0.382 e. The van der Waals surface area contributed by atoms with E-state index in [-0.39, 0.29) is 18.7 Å². The summed E-state index contributed by atoms with van der Waals surface area (Å²) >= 11 is 3.41. The van der Waals surface area contributed by atoms with E-state index >= 15 is 0 Å². The normalized spacial score (nSPS) is 12.6. The third-order valence-electron chi connectivity index (χ3n) is 5.40. The van der Waals surface area contributed by atoms with Crippen LogP contribution in [0, 0.1) is 23.5 Å². The fourth-order valence-electron chi connectivity index (χ4n) is 3.58. The Morgan fingerprint density at radius 1 is 0.971 bits per heavy atom. The van der Waals surface area contributed by atoms with Gasteiger partial charge in [-0.25, -0.2) is 13.5 Å². The van der Waals surface area contributed by atoms with Crippen LogP contribution in [0.2, 0.25) is 0 Å². The maximum absolute atomic E-state index is 14.5. The highest BCUT2D eigenvalue weighted by Gasteiger charge is 2.33. The molecule has 0 bridgehead atoms. The molecule has 0 spiro atoms. The maximum atomic E-state index is 14.5. The average Bonchev–Trinajstić information content (AvgIpc) is 3.35. The number of rotatable bonds is 8. The summed E-state index contributed by atoms with van der Waals surface area (Å²) in [6, 6.07) is 18.8. The van der Waals surface area contributed by atoms with Crippen LogP contribution >= 0.6 is 15.9 Å². The van der Waals surface area contributed by atoms with Gasteiger partial charge in [-0.05, 0) is 71.4 Å². The molecule has 1 atom stereocenters. The van der Waals surface area contributed by atoms with Gasteiger partial charge in [-0.1, -0.05) is 46.0 Å². The summed E-state index contributed by atoms with van der Waals surface area (Å²) in [4.78, 5) is 0. The van der Waals surface area contributed by atoms with E-state index in [1.807, 2.05) is 48.5 Å². The topological polar surface area (TPSA) is 75.9 Å². The van der Waals surface area contributed by atoms with Crippen LogP contribution in [0.3, 0.4) is 0 Å². The quantitative estimate of drug-likeness (QED) is 0.264. The SMILES string of the molecule is OC(CNCCc1ccc(C#Cc2ccc(Br)cc2)cc1)(Cn1cnnn1)c1ccc(F)cc1F. The van der Waals surface area contributed by atoms with Gasteiger partial charge in [-0.3, -0.25) is 0 Å². The Kier molecular flexibility index (Phi) is 7.98. The molecular formula is C26H22BrF2N5O. The van der Waals surface area contributed by atoms with Gasteiger partial charge in [-0.15, -0.1) is 5.10 Å². The molecule has 1 heterocycles. The third kappa shape index (κ3) is 6.79. The van der Waals surface area contributed by atoms with E-state index < -0.39 is 17.2 Å². The van der Waals surface area contributed by atoms with Crippen LogP contribution in [0.25, 0.3) is 0 Å². The number of hydrogen-bond acceptors (Lipinski definition) is 5. The Labute approximate surface area is 210 Å². The van der Waals surface area contributed by atoms with Crippen LogP contribution < -0.4 is 5.32 Å². The van der Waals surface area contributed by atoms with Crippen molar-refractivity contribution in [3.8, 4) is 11.8 Å². The summed E-state index contributed by atoms with van der Waals surface area (Å²) in [5.74, 6) is 4.74. The van der Waals surface area contributed by atoms with Crippen molar-refractivity contribution in [2.24, 2.45) is 0 Å². The lowest BCUT2D eigenvalue weighted by Gasteiger charge is -2.29. The second-order valence-corrected chi connectivity index (χ2v) is 8.96. The zero-order valence-electron chi connectivity index (χ0n) is 18.6. The van der Waals surface area contributed by atoms with E-state index in [0.29, 0.717) is 13.0 Å². The molecule has 1 aromatic heterocycles. The number of benzene rings is 3. The number of nitrogens with zero attached hydrogens (tertiary/aromatic N) is 4. The Bertz CT molecular complexity index is 1320. The van der Waals surface area contributed by atoms with Crippen molar-refractivity contribution in [2.75, 3.05) is 13.1 Å². The standard InChI is InChI=1S/C26H22BrF2N5O/c27-22-9-7-20(8-10-22)2-1-19-3-5-21(6-4-19)13-14-30-16-26(35,17-34-18-31-32-33-34)24-12-11-23(28)15-25(24)29/h3-12,15,18,30,35H,13-14,16-17H2. The summed E-state index contributed by atoms with van der Waals surface area (Å²) in [5.41, 5.74) is 1.22. The first kappa shape index (κ1) is 24.7. The second-order valence-electron chi connectivity index (χ2n) is 8.04. The number of tetrazole rings is 1. The first-order valence-corrected chi connectivity index (χ1v) is 11.7. The molecule has 0 aliphatic rings. The highest BCUT2D eigenvalue weighted by molar-refractivity contribution is 9.10. The van der Waals surface area contributed by atoms with E-state index in [1.165, 1.54) is 17.1 Å². The molecule has 0 saturated carbocycles. The van der Waals surface area contributed by atoms with Crippen LogP contribution in [0.1, 0.15) is 22.3 Å². The van der Waals surface area contributed by atoms with Crippen LogP contribution in [0.4, 0.5) is 8.78 Å². The van der Waals surface area contributed by atoms with Crippen molar-refractivity contribution in [3.05, 3.63) is 111 Å². The molecule has 4 rings (SSSR count). The lowest BCUT2D eigenvalue weighted by atomic mass is 9.92. The monoisotopic (exact) mass is 537 g/mol. The summed E-state index contributed by atoms with van der Waals surface area (Å²) in [6.07, 6.45) is 2.01. The van der Waals surface area contributed by atoms with E-state index in [4.69, 9.17) is 0 Å². The molecule has 35 heavy (non-hydrogen) atoms. The van der Waals surface area contributed by atoms with Gasteiger partial charge < -0.3 is 10.4 Å². The van der Waals surface area contributed by atoms with Gasteiger partial charge in [-0.2, -0.15) is 0 Å². The third-order valence-corrected chi connectivity index (χ3v) is 5.93. The molecule has 0 aliphatic heterocycles. The van der Waals surface area contributed by atoms with Crippen LogP contribution in [0.15, 0.2) is 77.5 Å². The van der Waals surface area contributed by atoms with Crippen molar-refractivity contribution < 1.29 is 13.9 Å². The van der Waals surface area contributed by atoms with Crippen molar-refractivity contribution in [1.82, 2.24) is 25.5 Å². The van der Waals surface area contributed by atoms with Gasteiger partial charge in [0.1, 0.15) is 23.6 Å². The lowest BCUT2D eigenvalue weighted by Crippen LogP contribution is -2.43. The van der Waals surface area contributed by atoms with Crippen LogP contribution in [0.5, 0.6) is 0 Å². The van der Waals surface area contributed by atoms with Crippen molar-refractivity contribution >= 4 is 15.9 Å².